The molecule has 2 unspecified atom stereocenters. The number of rotatable bonds is 5. The molecule has 0 spiro atoms. The number of benzene rings is 3. The van der Waals surface area contributed by atoms with Gasteiger partial charge in [-0.15, -0.1) is 0 Å². The molecule has 0 aliphatic heterocycles. The van der Waals surface area contributed by atoms with Crippen molar-refractivity contribution in [2.24, 2.45) is 0 Å². The molecule has 36 heavy (non-hydrogen) atoms. The summed E-state index contributed by atoms with van der Waals surface area (Å²) >= 11 is -1.46. The van der Waals surface area contributed by atoms with Crippen LogP contribution < -0.4 is 15.6 Å². The second kappa shape index (κ2) is 9.75. The van der Waals surface area contributed by atoms with Crippen molar-refractivity contribution >= 4 is 23.6 Å². The first-order chi connectivity index (χ1) is 16.9. The summed E-state index contributed by atoms with van der Waals surface area (Å²) in [5.41, 5.74) is 11.7. The van der Waals surface area contributed by atoms with Crippen LogP contribution >= 0.6 is 0 Å². The third kappa shape index (κ3) is 3.90. The van der Waals surface area contributed by atoms with Crippen molar-refractivity contribution in [3.63, 3.8) is 0 Å². The number of allylic oxidation sites excluding steroid dienone is 4. The minimum atomic E-state index is -2.61. The second-order valence-corrected chi connectivity index (χ2v) is 19.7. The van der Waals surface area contributed by atoms with Gasteiger partial charge < -0.3 is 0 Å². The third-order valence-electron chi connectivity index (χ3n) is 9.22. The second-order valence-electron chi connectivity index (χ2n) is 11.6. The maximum absolute atomic E-state index is 2.64. The molecular weight excluding hydrogens is 484 g/mol. The number of hydrogen-bond donors (Lipinski definition) is 0. The van der Waals surface area contributed by atoms with Crippen molar-refractivity contribution in [3.8, 4) is 0 Å². The van der Waals surface area contributed by atoms with E-state index in [1.165, 1.54) is 38.6 Å². The molecule has 2 atom stereocenters. The van der Waals surface area contributed by atoms with E-state index in [0.29, 0.717) is 0 Å². The zero-order valence-corrected chi connectivity index (χ0v) is 26.8. The fourth-order valence-corrected chi connectivity index (χ4v) is 19.0. The van der Waals surface area contributed by atoms with Gasteiger partial charge in [0.05, 0.1) is 0 Å². The first kappa shape index (κ1) is 27.1. The molecule has 0 heterocycles. The van der Waals surface area contributed by atoms with Crippen molar-refractivity contribution in [1.82, 2.24) is 0 Å². The van der Waals surface area contributed by atoms with Crippen molar-refractivity contribution in [2.45, 2.75) is 77.8 Å². The van der Waals surface area contributed by atoms with Crippen LogP contribution in [0.25, 0.3) is 0 Å². The van der Waals surface area contributed by atoms with Crippen molar-refractivity contribution in [2.75, 3.05) is 0 Å². The molecule has 187 valence electrons. The van der Waals surface area contributed by atoms with Crippen molar-refractivity contribution < 1.29 is 17.9 Å². The van der Waals surface area contributed by atoms with E-state index in [1.807, 2.05) is 0 Å². The Morgan fingerprint density at radius 3 is 1.61 bits per heavy atom. The summed E-state index contributed by atoms with van der Waals surface area (Å²) in [6, 6.07) is 24.1. The summed E-state index contributed by atoms with van der Waals surface area (Å²) in [5, 5.41) is 9.77. The van der Waals surface area contributed by atoms with Crippen LogP contribution in [0.15, 0.2) is 81.3 Å². The molecule has 0 fully saturated rings. The molecule has 4 rings (SSSR count). The first-order valence-corrected chi connectivity index (χ1v) is 19.2. The first-order valence-electron chi connectivity index (χ1n) is 13.3. The standard InChI is InChI=1S/C32H37Si.2CH3.Ti/c1-21-15-22(2)17-30(16-21)33(29-13-11-10-12-14-29,31-18-23(3)26(6)24(4)19-31)32(9)20-25(5)27(7)28(32)8;;;/h10-19H,1-9H3;2*1H3;. The van der Waals surface area contributed by atoms with Gasteiger partial charge in [0, 0.05) is 0 Å². The molecule has 2 heteroatoms. The van der Waals surface area contributed by atoms with E-state index in [0.717, 1.165) is 0 Å². The van der Waals surface area contributed by atoms with Crippen LogP contribution in [-0.4, -0.2) is 8.07 Å². The molecular formula is C34H43SiTi. The fraction of sp³-hybridized carbons (Fsp3) is 0.353. The fourth-order valence-electron chi connectivity index (χ4n) is 7.25. The van der Waals surface area contributed by atoms with Crippen LogP contribution in [0.5, 0.6) is 0 Å². The monoisotopic (exact) mass is 527 g/mol. The van der Waals surface area contributed by atoms with E-state index >= 15 is 0 Å². The average Bonchev–Trinajstić information content (AvgIpc) is 2.98. The van der Waals surface area contributed by atoms with Crippen LogP contribution in [-0.2, 0) is 17.9 Å². The van der Waals surface area contributed by atoms with E-state index < -0.39 is 25.9 Å². The molecule has 0 amide bonds. The van der Waals surface area contributed by atoms with E-state index in [-0.39, 0.29) is 5.04 Å². The Kier molecular flexibility index (Phi) is 7.34. The van der Waals surface area contributed by atoms with Crippen molar-refractivity contribution in [3.05, 3.63) is 109 Å². The molecule has 1 aliphatic rings. The van der Waals surface area contributed by atoms with Crippen LogP contribution in [0.2, 0.25) is 15.5 Å². The molecule has 3 aromatic carbocycles. The van der Waals surface area contributed by atoms with E-state index in [1.54, 1.807) is 25.4 Å². The number of aryl methyl sites for hydroxylation is 4. The summed E-state index contributed by atoms with van der Waals surface area (Å²) in [6.45, 7) is 21.3. The molecule has 0 saturated heterocycles. The molecule has 0 bridgehead atoms. The van der Waals surface area contributed by atoms with Crippen LogP contribution in [0, 0.1) is 34.6 Å². The van der Waals surface area contributed by atoms with Gasteiger partial charge in [-0.2, -0.15) is 0 Å². The zero-order valence-electron chi connectivity index (χ0n) is 24.3. The van der Waals surface area contributed by atoms with E-state index in [2.05, 4.69) is 133 Å². The summed E-state index contributed by atoms with van der Waals surface area (Å²) in [4.78, 5) is 0. The van der Waals surface area contributed by atoms with Crippen LogP contribution in [0.3, 0.4) is 0 Å². The normalized spacial score (nSPS) is 19.6. The Hall–Kier alpha value is -1.93. The Labute approximate surface area is 227 Å². The summed E-state index contributed by atoms with van der Waals surface area (Å²) < 4.78 is 1.79. The minimum absolute atomic E-state index is 0.00424. The summed E-state index contributed by atoms with van der Waals surface area (Å²) in [7, 11) is -2.61. The summed E-state index contributed by atoms with van der Waals surface area (Å²) in [6.07, 6.45) is 0. The molecule has 3 aromatic rings. The molecule has 0 N–H and O–H groups in total. The number of hydrogen-bond acceptors (Lipinski definition) is 0. The van der Waals surface area contributed by atoms with Gasteiger partial charge in [-0.3, -0.25) is 0 Å². The maximum atomic E-state index is 2.64. The van der Waals surface area contributed by atoms with Crippen LogP contribution in [0.4, 0.5) is 0 Å². The molecule has 0 aromatic heterocycles. The van der Waals surface area contributed by atoms with Gasteiger partial charge in [-0.25, -0.2) is 0 Å². The van der Waals surface area contributed by atoms with Crippen molar-refractivity contribution in [1.29, 1.82) is 0 Å². The van der Waals surface area contributed by atoms with Gasteiger partial charge >= 0.3 is 228 Å². The summed E-state index contributed by atoms with van der Waals surface area (Å²) in [5.74, 6) is 0. The predicted molar refractivity (Wildman–Crippen MR) is 159 cm³/mol. The van der Waals surface area contributed by atoms with Crippen LogP contribution in [0.1, 0.15) is 55.5 Å². The third-order valence-corrected chi connectivity index (χ3v) is 18.2. The van der Waals surface area contributed by atoms with Gasteiger partial charge in [0.2, 0.25) is 0 Å². The molecule has 1 aliphatic carbocycles. The Balaban J connectivity index is 2.34. The Bertz CT molecular complexity index is 1350. The van der Waals surface area contributed by atoms with Gasteiger partial charge in [0.25, 0.3) is 0 Å². The van der Waals surface area contributed by atoms with Gasteiger partial charge in [-0.05, 0) is 0 Å². The molecule has 0 saturated carbocycles. The van der Waals surface area contributed by atoms with E-state index in [9.17, 15) is 0 Å². The topological polar surface area (TPSA) is 0 Å². The van der Waals surface area contributed by atoms with Gasteiger partial charge in [-0.1, -0.05) is 0 Å². The molecule has 0 radical (unpaired) electrons. The quantitative estimate of drug-likeness (QED) is 0.235. The average molecular weight is 528 g/mol. The zero-order chi connectivity index (χ0) is 26.6. The SMILES string of the molecule is CC1=C(C)C(C)([Si](c2ccccc2)(c2cc(C)cc(C)c2)c2cc(C)c(C)c(C)c2)[C]([Ti]([CH3])[CH3])=C1C. The molecule has 0 nitrogen and oxygen atoms in total. The van der Waals surface area contributed by atoms with Gasteiger partial charge in [0.15, 0.2) is 0 Å². The Morgan fingerprint density at radius 2 is 1.11 bits per heavy atom. The Morgan fingerprint density at radius 1 is 0.611 bits per heavy atom. The van der Waals surface area contributed by atoms with Gasteiger partial charge in [0.1, 0.15) is 0 Å². The predicted octanol–water partition coefficient (Wildman–Crippen LogP) is 7.80. The van der Waals surface area contributed by atoms with E-state index in [4.69, 9.17) is 0 Å².